The largest absolute Gasteiger partial charge is 0.416 e. The van der Waals surface area contributed by atoms with Crippen molar-refractivity contribution in [2.24, 2.45) is 0 Å². The van der Waals surface area contributed by atoms with Crippen LogP contribution in [0.25, 0.3) is 0 Å². The first kappa shape index (κ1) is 23.9. The van der Waals surface area contributed by atoms with Crippen LogP contribution in [0.5, 0.6) is 0 Å². The summed E-state index contributed by atoms with van der Waals surface area (Å²) in [6.45, 7) is 5.40. The molecule has 7 nitrogen and oxygen atoms in total. The van der Waals surface area contributed by atoms with Crippen molar-refractivity contribution in [3.8, 4) is 0 Å². The lowest BCUT2D eigenvalue weighted by atomic mass is 10.1. The highest BCUT2D eigenvalue weighted by molar-refractivity contribution is 5.96. The molecule has 10 heteroatoms. The molecule has 3 amide bonds. The number of anilines is 2. The van der Waals surface area contributed by atoms with E-state index in [0.29, 0.717) is 44.0 Å². The second kappa shape index (κ2) is 10.3. The molecule has 2 saturated heterocycles. The lowest BCUT2D eigenvalue weighted by Crippen LogP contribution is -2.47. The monoisotopic (exact) mass is 475 g/mol. The Bertz CT molecular complexity index is 1000. The molecule has 2 aliphatic rings. The Morgan fingerprint density at radius 2 is 1.71 bits per heavy atom. The highest BCUT2D eigenvalue weighted by Crippen LogP contribution is 2.31. The average Bonchev–Trinajstić information content (AvgIpc) is 3.27. The van der Waals surface area contributed by atoms with Gasteiger partial charge in [-0.1, -0.05) is 6.07 Å². The fraction of sp³-hybridized carbons (Fsp3) is 0.417. The number of halogens is 3. The van der Waals surface area contributed by atoms with Gasteiger partial charge in [-0.05, 0) is 55.4 Å². The molecule has 2 N–H and O–H groups in total. The number of nitrogens with zero attached hydrogens (tertiary/aromatic N) is 3. The number of piperazine rings is 1. The van der Waals surface area contributed by atoms with Crippen LogP contribution in [0, 0.1) is 0 Å². The van der Waals surface area contributed by atoms with E-state index in [9.17, 15) is 22.8 Å². The summed E-state index contributed by atoms with van der Waals surface area (Å²) in [6.07, 6.45) is -3.56. The van der Waals surface area contributed by atoms with Crippen LogP contribution in [0.15, 0.2) is 48.5 Å². The van der Waals surface area contributed by atoms with Crippen molar-refractivity contribution >= 4 is 23.3 Å². The van der Waals surface area contributed by atoms with Gasteiger partial charge in [-0.25, -0.2) is 4.79 Å². The number of rotatable bonds is 7. The smallest absolute Gasteiger partial charge is 0.369 e. The van der Waals surface area contributed by atoms with Gasteiger partial charge in [0.25, 0.3) is 5.91 Å². The summed E-state index contributed by atoms with van der Waals surface area (Å²) in [5.74, 6) is -0.160. The maximum atomic E-state index is 13.0. The molecule has 0 saturated carbocycles. The molecule has 0 unspecified atom stereocenters. The van der Waals surface area contributed by atoms with Gasteiger partial charge in [0.2, 0.25) is 0 Å². The topological polar surface area (TPSA) is 67.9 Å². The van der Waals surface area contributed by atoms with E-state index in [1.165, 1.54) is 12.1 Å². The van der Waals surface area contributed by atoms with E-state index in [0.717, 1.165) is 37.8 Å². The second-order valence-corrected chi connectivity index (χ2v) is 8.42. The Morgan fingerprint density at radius 1 is 0.971 bits per heavy atom. The number of hydrogen-bond acceptors (Lipinski definition) is 4. The third-order valence-corrected chi connectivity index (χ3v) is 6.15. The minimum Gasteiger partial charge on any atom is -0.369 e. The molecular weight excluding hydrogens is 447 g/mol. The Morgan fingerprint density at radius 3 is 2.35 bits per heavy atom. The number of carbonyl (C=O) groups is 2. The molecule has 34 heavy (non-hydrogen) atoms. The van der Waals surface area contributed by atoms with Crippen LogP contribution < -0.4 is 20.4 Å². The Hall–Kier alpha value is -3.27. The van der Waals surface area contributed by atoms with Gasteiger partial charge in [0, 0.05) is 62.8 Å². The molecule has 2 aliphatic heterocycles. The SMILES string of the molecule is O=C(NCCCN1CCN(c2cccc(C(F)(F)F)c2)CC1)c1ccc(N2CCNC2=O)cc1. The summed E-state index contributed by atoms with van der Waals surface area (Å²) < 4.78 is 38.9. The first-order valence-electron chi connectivity index (χ1n) is 11.4. The minimum atomic E-state index is -4.34. The van der Waals surface area contributed by atoms with Crippen molar-refractivity contribution in [2.45, 2.75) is 12.6 Å². The number of nitrogens with one attached hydrogen (secondary N) is 2. The van der Waals surface area contributed by atoms with Crippen molar-refractivity contribution in [3.63, 3.8) is 0 Å². The van der Waals surface area contributed by atoms with Gasteiger partial charge < -0.3 is 15.5 Å². The van der Waals surface area contributed by atoms with Crippen molar-refractivity contribution in [1.29, 1.82) is 0 Å². The van der Waals surface area contributed by atoms with Crippen LogP contribution in [-0.2, 0) is 6.18 Å². The molecule has 0 bridgehead atoms. The Balaban J connectivity index is 1.17. The second-order valence-electron chi connectivity index (χ2n) is 8.42. The lowest BCUT2D eigenvalue weighted by molar-refractivity contribution is -0.137. The van der Waals surface area contributed by atoms with Gasteiger partial charge in [-0.3, -0.25) is 14.6 Å². The molecular formula is C24H28F3N5O2. The van der Waals surface area contributed by atoms with Crippen molar-refractivity contribution in [3.05, 3.63) is 59.7 Å². The van der Waals surface area contributed by atoms with E-state index in [1.54, 1.807) is 35.2 Å². The number of carbonyl (C=O) groups excluding carboxylic acids is 2. The maximum absolute atomic E-state index is 13.0. The van der Waals surface area contributed by atoms with E-state index in [-0.39, 0.29) is 11.9 Å². The highest BCUT2D eigenvalue weighted by Gasteiger charge is 2.31. The zero-order valence-electron chi connectivity index (χ0n) is 18.8. The average molecular weight is 476 g/mol. The normalized spacial score (nSPS) is 17.1. The molecule has 0 atom stereocenters. The fourth-order valence-corrected chi connectivity index (χ4v) is 4.23. The minimum absolute atomic E-state index is 0.132. The van der Waals surface area contributed by atoms with Gasteiger partial charge in [-0.2, -0.15) is 13.2 Å². The zero-order valence-corrected chi connectivity index (χ0v) is 18.8. The van der Waals surface area contributed by atoms with Gasteiger partial charge in [-0.15, -0.1) is 0 Å². The van der Waals surface area contributed by atoms with E-state index in [1.807, 2.05) is 4.90 Å². The summed E-state index contributed by atoms with van der Waals surface area (Å²) in [6, 6.07) is 12.3. The Labute approximate surface area is 196 Å². The molecule has 0 spiro atoms. The van der Waals surface area contributed by atoms with Crippen LogP contribution in [-0.4, -0.2) is 69.2 Å². The van der Waals surface area contributed by atoms with Crippen molar-refractivity contribution < 1.29 is 22.8 Å². The highest BCUT2D eigenvalue weighted by atomic mass is 19.4. The number of urea groups is 1. The summed E-state index contributed by atoms with van der Waals surface area (Å²) in [4.78, 5) is 30.0. The molecule has 4 rings (SSSR count). The Kier molecular flexibility index (Phi) is 7.26. The van der Waals surface area contributed by atoms with Crippen LogP contribution in [0.3, 0.4) is 0 Å². The number of hydrogen-bond donors (Lipinski definition) is 2. The van der Waals surface area contributed by atoms with Crippen molar-refractivity contribution in [2.75, 3.05) is 62.2 Å². The first-order chi connectivity index (χ1) is 16.3. The van der Waals surface area contributed by atoms with Crippen LogP contribution in [0.2, 0.25) is 0 Å². The molecule has 2 aromatic rings. The van der Waals surface area contributed by atoms with E-state index < -0.39 is 11.7 Å². The third kappa shape index (κ3) is 5.80. The van der Waals surface area contributed by atoms with Gasteiger partial charge >= 0.3 is 12.2 Å². The van der Waals surface area contributed by atoms with E-state index in [4.69, 9.17) is 0 Å². The van der Waals surface area contributed by atoms with Crippen LogP contribution in [0.4, 0.5) is 29.3 Å². The molecule has 2 fully saturated rings. The van der Waals surface area contributed by atoms with Gasteiger partial charge in [0.05, 0.1) is 5.56 Å². The van der Waals surface area contributed by atoms with Crippen molar-refractivity contribution in [1.82, 2.24) is 15.5 Å². The first-order valence-corrected chi connectivity index (χ1v) is 11.4. The number of benzene rings is 2. The predicted octanol–water partition coefficient (Wildman–Crippen LogP) is 3.18. The summed E-state index contributed by atoms with van der Waals surface area (Å²) in [7, 11) is 0. The molecule has 0 radical (unpaired) electrons. The molecule has 2 aromatic carbocycles. The number of amides is 3. The van der Waals surface area contributed by atoms with Crippen LogP contribution in [0.1, 0.15) is 22.3 Å². The van der Waals surface area contributed by atoms with E-state index >= 15 is 0 Å². The standard InChI is InChI=1S/C24H28F3N5O2/c25-24(26,27)19-3-1-4-21(17-19)31-15-13-30(14-16-31)11-2-9-28-22(33)18-5-7-20(8-6-18)32-12-10-29-23(32)34/h1,3-8,17H,2,9-16H2,(H,28,33)(H,29,34). The maximum Gasteiger partial charge on any atom is 0.416 e. The van der Waals surface area contributed by atoms with Gasteiger partial charge in [0.15, 0.2) is 0 Å². The fourth-order valence-electron chi connectivity index (χ4n) is 4.23. The zero-order chi connectivity index (χ0) is 24.1. The summed E-state index contributed by atoms with van der Waals surface area (Å²) in [5.41, 5.74) is 1.27. The van der Waals surface area contributed by atoms with E-state index in [2.05, 4.69) is 15.5 Å². The summed E-state index contributed by atoms with van der Waals surface area (Å²) in [5, 5.41) is 5.66. The molecule has 2 heterocycles. The molecule has 0 aliphatic carbocycles. The predicted molar refractivity (Wildman–Crippen MR) is 124 cm³/mol. The van der Waals surface area contributed by atoms with Gasteiger partial charge in [0.1, 0.15) is 0 Å². The third-order valence-electron chi connectivity index (χ3n) is 6.15. The molecule has 0 aromatic heterocycles. The molecule has 182 valence electrons. The number of alkyl halides is 3. The summed E-state index contributed by atoms with van der Waals surface area (Å²) >= 11 is 0. The quantitative estimate of drug-likeness (QED) is 0.604. The van der Waals surface area contributed by atoms with Crippen LogP contribution >= 0.6 is 0 Å². The lowest BCUT2D eigenvalue weighted by Gasteiger charge is -2.36.